The molecule has 3 N–H and O–H groups in total. The molecule has 2 saturated heterocycles. The summed E-state index contributed by atoms with van der Waals surface area (Å²) in [6.45, 7) is 9.43. The molecule has 0 aromatic carbocycles. The van der Waals surface area contributed by atoms with Crippen LogP contribution in [-0.4, -0.2) is 57.8 Å². The first-order valence-corrected chi connectivity index (χ1v) is 10.6. The van der Waals surface area contributed by atoms with Crippen molar-refractivity contribution < 1.29 is 34.4 Å². The van der Waals surface area contributed by atoms with E-state index in [2.05, 4.69) is 6.58 Å². The molecule has 7 heteroatoms. The minimum Gasteiger partial charge on any atom is -0.462 e. The van der Waals surface area contributed by atoms with Crippen molar-refractivity contribution in [2.24, 2.45) is 34.0 Å². The van der Waals surface area contributed by atoms with E-state index in [4.69, 9.17) is 9.47 Å². The minimum atomic E-state index is -2.19. The van der Waals surface area contributed by atoms with Gasteiger partial charge in [-0.3, -0.25) is 9.59 Å². The molecule has 4 aliphatic carbocycles. The van der Waals surface area contributed by atoms with Crippen LogP contribution in [0.15, 0.2) is 12.2 Å². The predicted octanol–water partition coefficient (Wildman–Crippen LogP) is 0.946. The Morgan fingerprint density at radius 3 is 2.55 bits per heavy atom. The molecule has 4 saturated carbocycles. The highest BCUT2D eigenvalue weighted by atomic mass is 16.6. The molecule has 0 aromatic rings. The van der Waals surface area contributed by atoms with Crippen LogP contribution in [0.1, 0.15) is 46.5 Å². The number of aliphatic hydroxyl groups is 3. The summed E-state index contributed by atoms with van der Waals surface area (Å²) in [5.41, 5.74) is -2.60. The van der Waals surface area contributed by atoms with Crippen molar-refractivity contribution >= 4 is 11.8 Å². The lowest BCUT2D eigenvalue weighted by Gasteiger charge is -2.74. The highest BCUT2D eigenvalue weighted by Crippen LogP contribution is 2.76. The van der Waals surface area contributed by atoms with E-state index in [-0.39, 0.29) is 12.0 Å². The van der Waals surface area contributed by atoms with Crippen LogP contribution in [0.5, 0.6) is 0 Å². The molecule has 6 fully saturated rings. The Morgan fingerprint density at radius 1 is 1.21 bits per heavy atom. The van der Waals surface area contributed by atoms with Crippen molar-refractivity contribution in [3.8, 4) is 0 Å². The first kappa shape index (κ1) is 19.7. The second-order valence-electron chi connectivity index (χ2n) is 10.5. The Hall–Kier alpha value is -1.28. The number of fused-ring (bicyclic) bond motifs is 2. The zero-order chi connectivity index (χ0) is 21.1. The Kier molecular flexibility index (Phi) is 3.73. The fraction of sp³-hybridized carbons (Fsp3) is 0.818. The fourth-order valence-corrected chi connectivity index (χ4v) is 8.24. The number of ether oxygens (including phenoxy) is 2. The van der Waals surface area contributed by atoms with Gasteiger partial charge in [0.2, 0.25) is 5.79 Å². The maximum absolute atomic E-state index is 13.5. The van der Waals surface area contributed by atoms with E-state index < -0.39 is 64.4 Å². The van der Waals surface area contributed by atoms with Crippen molar-refractivity contribution in [1.29, 1.82) is 0 Å². The van der Waals surface area contributed by atoms with Gasteiger partial charge < -0.3 is 24.8 Å². The van der Waals surface area contributed by atoms with Gasteiger partial charge in [-0.2, -0.15) is 0 Å². The first-order valence-electron chi connectivity index (χ1n) is 10.6. The molecular formula is C22H30O7. The van der Waals surface area contributed by atoms with Gasteiger partial charge in [-0.05, 0) is 42.6 Å². The van der Waals surface area contributed by atoms with Gasteiger partial charge in [0.25, 0.3) is 0 Å². The Bertz CT molecular complexity index is 820. The molecule has 0 unspecified atom stereocenters. The van der Waals surface area contributed by atoms with E-state index in [0.717, 1.165) is 0 Å². The van der Waals surface area contributed by atoms with Crippen molar-refractivity contribution in [2.75, 3.05) is 6.61 Å². The Balaban J connectivity index is 1.79. The molecule has 0 radical (unpaired) electrons. The van der Waals surface area contributed by atoms with E-state index in [1.54, 1.807) is 0 Å². The molecule has 0 amide bonds. The summed E-state index contributed by atoms with van der Waals surface area (Å²) in [6, 6.07) is 0. The van der Waals surface area contributed by atoms with Crippen molar-refractivity contribution in [3.63, 3.8) is 0 Å². The van der Waals surface area contributed by atoms with Crippen molar-refractivity contribution in [2.45, 2.75) is 70.6 Å². The Morgan fingerprint density at radius 2 is 1.90 bits per heavy atom. The Labute approximate surface area is 170 Å². The number of ketones is 1. The van der Waals surface area contributed by atoms with Gasteiger partial charge >= 0.3 is 5.97 Å². The molecule has 29 heavy (non-hydrogen) atoms. The smallest absolute Gasteiger partial charge is 0.302 e. The number of hydrogen-bond donors (Lipinski definition) is 3. The van der Waals surface area contributed by atoms with Gasteiger partial charge in [0.05, 0.1) is 12.7 Å². The number of aliphatic hydroxyl groups excluding tert-OH is 2. The predicted molar refractivity (Wildman–Crippen MR) is 100 cm³/mol. The maximum Gasteiger partial charge on any atom is 0.302 e. The average Bonchev–Trinajstić information content (AvgIpc) is 2.74. The molecule has 6 rings (SSSR count). The van der Waals surface area contributed by atoms with Crippen LogP contribution >= 0.6 is 0 Å². The first-order chi connectivity index (χ1) is 13.5. The lowest BCUT2D eigenvalue weighted by molar-refractivity contribution is -0.458. The molecule has 0 aromatic heterocycles. The number of carbonyl (C=O) groups excluding carboxylic acids is 2. The summed E-state index contributed by atoms with van der Waals surface area (Å²) < 4.78 is 11.7. The summed E-state index contributed by atoms with van der Waals surface area (Å²) >= 11 is 0. The summed E-state index contributed by atoms with van der Waals surface area (Å²) in [7, 11) is 0. The van der Waals surface area contributed by atoms with Crippen molar-refractivity contribution in [1.82, 2.24) is 0 Å². The van der Waals surface area contributed by atoms with E-state index >= 15 is 0 Å². The van der Waals surface area contributed by atoms with Crippen LogP contribution in [0.2, 0.25) is 0 Å². The van der Waals surface area contributed by atoms with Crippen LogP contribution in [0.3, 0.4) is 0 Å². The topological polar surface area (TPSA) is 113 Å². The number of esters is 1. The normalized spacial score (nSPS) is 54.7. The summed E-state index contributed by atoms with van der Waals surface area (Å²) in [6.07, 6.45) is -0.674. The van der Waals surface area contributed by atoms with Crippen LogP contribution in [0.4, 0.5) is 0 Å². The molecule has 160 valence electrons. The number of rotatable bonds is 1. The van der Waals surface area contributed by atoms with Gasteiger partial charge in [0.15, 0.2) is 5.78 Å². The summed E-state index contributed by atoms with van der Waals surface area (Å²) in [5.74, 6) is -4.38. The number of carbonyl (C=O) groups is 2. The van der Waals surface area contributed by atoms with Gasteiger partial charge in [0, 0.05) is 24.2 Å². The molecule has 2 spiro atoms. The summed E-state index contributed by atoms with van der Waals surface area (Å²) in [4.78, 5) is 25.5. The molecule has 9 atom stereocenters. The van der Waals surface area contributed by atoms with Crippen LogP contribution < -0.4 is 0 Å². The van der Waals surface area contributed by atoms with Crippen molar-refractivity contribution in [3.05, 3.63) is 12.2 Å². The standard InChI is InChI=1S/C22H30O7/c1-10-12-5-6-13-20-9-28-22(27,21(13,16(10)24)17(12)25)18(26)15(20)19(3,4)8-7-14(20)29-11(2)23/h12-15,17-18,25-27H,1,5-9H2,2-4H3/t12-,13-,14-,15+,17+,18-,20+,21-,22-/m0/s1. The molecule has 2 heterocycles. The quantitative estimate of drug-likeness (QED) is 0.439. The highest BCUT2D eigenvalue weighted by molar-refractivity contribution is 6.05. The maximum atomic E-state index is 13.5. The molecular weight excluding hydrogens is 376 g/mol. The van der Waals surface area contributed by atoms with Crippen LogP contribution in [0, 0.1) is 34.0 Å². The fourth-order valence-electron chi connectivity index (χ4n) is 8.24. The second-order valence-corrected chi connectivity index (χ2v) is 10.5. The van der Waals surface area contributed by atoms with Crippen LogP contribution in [-0.2, 0) is 19.1 Å². The van der Waals surface area contributed by atoms with E-state index in [1.165, 1.54) is 6.92 Å². The van der Waals surface area contributed by atoms with E-state index in [9.17, 15) is 24.9 Å². The zero-order valence-corrected chi connectivity index (χ0v) is 17.2. The molecule has 7 nitrogen and oxygen atoms in total. The zero-order valence-electron chi connectivity index (χ0n) is 17.2. The third kappa shape index (κ3) is 1.86. The molecule has 6 aliphatic rings. The van der Waals surface area contributed by atoms with Gasteiger partial charge in [-0.25, -0.2) is 0 Å². The van der Waals surface area contributed by atoms with E-state index in [1.807, 2.05) is 13.8 Å². The van der Waals surface area contributed by atoms with Crippen LogP contribution in [0.25, 0.3) is 0 Å². The van der Waals surface area contributed by atoms with Gasteiger partial charge in [-0.15, -0.1) is 0 Å². The van der Waals surface area contributed by atoms with Gasteiger partial charge in [-0.1, -0.05) is 20.4 Å². The second kappa shape index (κ2) is 5.49. The number of Topliss-reactive ketones (excluding diaryl/α,β-unsaturated/α-hetero) is 1. The molecule has 2 aliphatic heterocycles. The largest absolute Gasteiger partial charge is 0.462 e. The van der Waals surface area contributed by atoms with Gasteiger partial charge in [0.1, 0.15) is 17.6 Å². The van der Waals surface area contributed by atoms with E-state index in [0.29, 0.717) is 31.3 Å². The lowest BCUT2D eigenvalue weighted by Crippen LogP contribution is -2.85. The minimum absolute atomic E-state index is 0.0795. The third-order valence-corrected chi connectivity index (χ3v) is 9.16. The monoisotopic (exact) mass is 406 g/mol. The number of hydrogen-bond acceptors (Lipinski definition) is 7. The third-order valence-electron chi connectivity index (χ3n) is 9.16. The average molecular weight is 406 g/mol. The summed E-state index contributed by atoms with van der Waals surface area (Å²) in [5, 5.41) is 34.5. The molecule has 4 bridgehead atoms. The lowest BCUT2D eigenvalue weighted by atomic mass is 9.35. The highest BCUT2D eigenvalue weighted by Gasteiger charge is 2.87. The SMILES string of the molecule is C=C1C(=O)[C@]23[C@H](O)[C@H]1CC[C@H]2[C@@]12CO[C@@]3(O)[C@@H](O)[C@@H]1C(C)(C)CC[C@@H]2OC(C)=O.